The molecule has 10 heteroatoms. The number of hydrogen-bond donors (Lipinski definition) is 1. The summed E-state index contributed by atoms with van der Waals surface area (Å²) in [7, 11) is -0.513. The Morgan fingerprint density at radius 3 is 2.57 bits per heavy atom. The SMILES string of the molecule is CN(C)c1nc(N2CCCCC2)ncc1NS(=O)(=O)Cc1cc(F)ccc1F. The van der Waals surface area contributed by atoms with Crippen molar-refractivity contribution in [3.8, 4) is 0 Å². The fourth-order valence-corrected chi connectivity index (χ4v) is 4.27. The lowest BCUT2D eigenvalue weighted by molar-refractivity contribution is 0.568. The van der Waals surface area contributed by atoms with Crippen molar-refractivity contribution < 1.29 is 17.2 Å². The van der Waals surface area contributed by atoms with Crippen LogP contribution < -0.4 is 14.5 Å². The van der Waals surface area contributed by atoms with Crippen molar-refractivity contribution in [2.24, 2.45) is 0 Å². The number of aromatic nitrogens is 2. The molecule has 0 aliphatic carbocycles. The van der Waals surface area contributed by atoms with Gasteiger partial charge in [-0.05, 0) is 37.5 Å². The average molecular weight is 411 g/mol. The molecule has 0 saturated carbocycles. The maximum absolute atomic E-state index is 13.8. The van der Waals surface area contributed by atoms with Crippen molar-refractivity contribution in [3.63, 3.8) is 0 Å². The standard InChI is InChI=1S/C18H23F2N5O2S/c1-24(2)17-16(11-21-18(22-17)25-8-4-3-5-9-25)23-28(26,27)12-13-10-14(19)6-7-15(13)20/h6-7,10-11,23H,3-5,8-9,12H2,1-2H3. The van der Waals surface area contributed by atoms with E-state index in [2.05, 4.69) is 19.6 Å². The number of halogens is 2. The number of nitrogens with one attached hydrogen (secondary N) is 1. The van der Waals surface area contributed by atoms with Crippen LogP contribution in [0, 0.1) is 11.6 Å². The van der Waals surface area contributed by atoms with Gasteiger partial charge in [-0.25, -0.2) is 22.2 Å². The molecule has 1 fully saturated rings. The highest BCUT2D eigenvalue weighted by atomic mass is 32.2. The van der Waals surface area contributed by atoms with Crippen molar-refractivity contribution >= 4 is 27.5 Å². The molecular weight excluding hydrogens is 388 g/mol. The highest BCUT2D eigenvalue weighted by Gasteiger charge is 2.21. The lowest BCUT2D eigenvalue weighted by Crippen LogP contribution is -2.31. The zero-order valence-corrected chi connectivity index (χ0v) is 16.6. The Kier molecular flexibility index (Phi) is 5.97. The highest BCUT2D eigenvalue weighted by Crippen LogP contribution is 2.27. The second-order valence-corrected chi connectivity index (χ2v) is 8.67. The molecule has 0 spiro atoms. The van der Waals surface area contributed by atoms with Gasteiger partial charge in [-0.15, -0.1) is 0 Å². The molecule has 0 bridgehead atoms. The lowest BCUT2D eigenvalue weighted by Gasteiger charge is -2.28. The smallest absolute Gasteiger partial charge is 0.237 e. The van der Waals surface area contributed by atoms with Crippen LogP contribution >= 0.6 is 0 Å². The van der Waals surface area contributed by atoms with E-state index in [1.165, 1.54) is 12.6 Å². The van der Waals surface area contributed by atoms with E-state index in [-0.39, 0.29) is 11.3 Å². The summed E-state index contributed by atoms with van der Waals surface area (Å²) in [5.74, 6) is -1.23. The Hall–Kier alpha value is -2.49. The van der Waals surface area contributed by atoms with Gasteiger partial charge in [0.05, 0.1) is 11.9 Å². The molecular formula is C18H23F2N5O2S. The van der Waals surface area contributed by atoms with E-state index >= 15 is 0 Å². The third-order valence-electron chi connectivity index (χ3n) is 4.44. The van der Waals surface area contributed by atoms with E-state index in [4.69, 9.17) is 0 Å². The molecule has 1 N–H and O–H groups in total. The summed E-state index contributed by atoms with van der Waals surface area (Å²) in [6.45, 7) is 1.72. The maximum Gasteiger partial charge on any atom is 0.237 e. The van der Waals surface area contributed by atoms with Gasteiger partial charge in [0, 0.05) is 32.7 Å². The fourth-order valence-electron chi connectivity index (χ4n) is 3.09. The van der Waals surface area contributed by atoms with E-state index in [1.807, 2.05) is 0 Å². The second-order valence-electron chi connectivity index (χ2n) is 6.95. The van der Waals surface area contributed by atoms with Gasteiger partial charge in [-0.2, -0.15) is 4.98 Å². The van der Waals surface area contributed by atoms with Crippen LogP contribution in [0.4, 0.5) is 26.2 Å². The minimum absolute atomic E-state index is 0.183. The summed E-state index contributed by atoms with van der Waals surface area (Å²) in [5, 5.41) is 0. The molecule has 1 saturated heterocycles. The topological polar surface area (TPSA) is 78.4 Å². The van der Waals surface area contributed by atoms with Gasteiger partial charge < -0.3 is 9.80 Å². The van der Waals surface area contributed by atoms with E-state index in [1.54, 1.807) is 19.0 Å². The predicted molar refractivity (Wildman–Crippen MR) is 105 cm³/mol. The molecule has 28 heavy (non-hydrogen) atoms. The fraction of sp³-hybridized carbons (Fsp3) is 0.444. The molecule has 0 radical (unpaired) electrons. The molecule has 2 heterocycles. The normalized spacial score (nSPS) is 14.8. The summed E-state index contributed by atoms with van der Waals surface area (Å²) in [6.07, 6.45) is 4.71. The molecule has 0 amide bonds. The van der Waals surface area contributed by atoms with Gasteiger partial charge in [-0.3, -0.25) is 4.72 Å². The molecule has 7 nitrogen and oxygen atoms in total. The maximum atomic E-state index is 13.8. The molecule has 0 atom stereocenters. The van der Waals surface area contributed by atoms with Crippen LogP contribution in [0.15, 0.2) is 24.4 Å². The van der Waals surface area contributed by atoms with E-state index in [0.29, 0.717) is 11.8 Å². The third kappa shape index (κ3) is 4.86. The number of nitrogens with zero attached hydrogens (tertiary/aromatic N) is 4. The largest absolute Gasteiger partial charge is 0.361 e. The van der Waals surface area contributed by atoms with Gasteiger partial charge in [-0.1, -0.05) is 0 Å². The van der Waals surface area contributed by atoms with Crippen LogP contribution in [0.1, 0.15) is 24.8 Å². The minimum Gasteiger partial charge on any atom is -0.361 e. The van der Waals surface area contributed by atoms with Gasteiger partial charge >= 0.3 is 0 Å². The van der Waals surface area contributed by atoms with Crippen molar-refractivity contribution in [1.82, 2.24) is 9.97 Å². The van der Waals surface area contributed by atoms with Crippen molar-refractivity contribution in [3.05, 3.63) is 41.6 Å². The number of benzene rings is 1. The van der Waals surface area contributed by atoms with Crippen molar-refractivity contribution in [2.45, 2.75) is 25.0 Å². The van der Waals surface area contributed by atoms with Gasteiger partial charge in [0.1, 0.15) is 17.3 Å². The molecule has 1 aliphatic heterocycles. The van der Waals surface area contributed by atoms with Crippen LogP contribution in [0.2, 0.25) is 0 Å². The van der Waals surface area contributed by atoms with Crippen LogP contribution in [0.3, 0.4) is 0 Å². The minimum atomic E-state index is -4.00. The van der Waals surface area contributed by atoms with Crippen LogP contribution in [-0.2, 0) is 15.8 Å². The lowest BCUT2D eigenvalue weighted by atomic mass is 10.1. The molecule has 152 valence electrons. The number of piperidine rings is 1. The van der Waals surface area contributed by atoms with Gasteiger partial charge in [0.15, 0.2) is 5.82 Å². The number of hydrogen-bond acceptors (Lipinski definition) is 6. The molecule has 1 aromatic heterocycles. The third-order valence-corrected chi connectivity index (χ3v) is 5.66. The first-order valence-electron chi connectivity index (χ1n) is 8.99. The molecule has 0 unspecified atom stereocenters. The Labute approximate surface area is 163 Å². The zero-order chi connectivity index (χ0) is 20.3. The highest BCUT2D eigenvalue weighted by molar-refractivity contribution is 7.91. The summed E-state index contributed by atoms with van der Waals surface area (Å²) in [6, 6.07) is 2.72. The van der Waals surface area contributed by atoms with E-state index < -0.39 is 27.4 Å². The quantitative estimate of drug-likeness (QED) is 0.788. The zero-order valence-electron chi connectivity index (χ0n) is 15.8. The van der Waals surface area contributed by atoms with Crippen LogP contribution in [0.25, 0.3) is 0 Å². The first kappa shape index (κ1) is 20.2. The van der Waals surface area contributed by atoms with Gasteiger partial charge in [0.25, 0.3) is 0 Å². The number of sulfonamides is 1. The monoisotopic (exact) mass is 411 g/mol. The van der Waals surface area contributed by atoms with E-state index in [9.17, 15) is 17.2 Å². The Morgan fingerprint density at radius 2 is 1.89 bits per heavy atom. The summed E-state index contributed by atoms with van der Waals surface area (Å²) < 4.78 is 54.5. The summed E-state index contributed by atoms with van der Waals surface area (Å²) >= 11 is 0. The Balaban J connectivity index is 1.84. The molecule has 1 aliphatic rings. The molecule has 3 rings (SSSR count). The summed E-state index contributed by atoms with van der Waals surface area (Å²) in [5.41, 5.74) is -0.0627. The van der Waals surface area contributed by atoms with Crippen molar-refractivity contribution in [2.75, 3.05) is 41.7 Å². The van der Waals surface area contributed by atoms with Gasteiger partial charge in [0.2, 0.25) is 16.0 Å². The van der Waals surface area contributed by atoms with Crippen LogP contribution in [0.5, 0.6) is 0 Å². The first-order valence-corrected chi connectivity index (χ1v) is 10.6. The second kappa shape index (κ2) is 8.26. The number of anilines is 3. The van der Waals surface area contributed by atoms with Crippen molar-refractivity contribution in [1.29, 1.82) is 0 Å². The van der Waals surface area contributed by atoms with Crippen LogP contribution in [-0.4, -0.2) is 45.6 Å². The molecule has 1 aromatic carbocycles. The Morgan fingerprint density at radius 1 is 1.18 bits per heavy atom. The summed E-state index contributed by atoms with van der Waals surface area (Å²) in [4.78, 5) is 12.5. The average Bonchev–Trinajstić information content (AvgIpc) is 2.65. The Bertz CT molecular complexity index is 947. The number of rotatable bonds is 6. The molecule has 2 aromatic rings. The van der Waals surface area contributed by atoms with E-state index in [0.717, 1.165) is 44.1 Å². The first-order chi connectivity index (χ1) is 13.2. The predicted octanol–water partition coefficient (Wildman–Crippen LogP) is 2.75.